The van der Waals surface area contributed by atoms with E-state index in [9.17, 15) is 8.42 Å². The maximum absolute atomic E-state index is 12.9. The monoisotopic (exact) mass is 403 g/mol. The second kappa shape index (κ2) is 7.96. The molecule has 1 aliphatic rings. The number of thiocarbonyl (C=S) groups is 1. The van der Waals surface area contributed by atoms with Crippen LogP contribution in [0.1, 0.15) is 16.7 Å². The van der Waals surface area contributed by atoms with Crippen molar-refractivity contribution in [3.63, 3.8) is 0 Å². The number of rotatable bonds is 3. The molecule has 1 heterocycles. The van der Waals surface area contributed by atoms with E-state index in [-0.39, 0.29) is 0 Å². The highest BCUT2D eigenvalue weighted by atomic mass is 32.2. The van der Waals surface area contributed by atoms with Gasteiger partial charge in [0.25, 0.3) is 0 Å². The smallest absolute Gasteiger partial charge is 0.243 e. The van der Waals surface area contributed by atoms with E-state index >= 15 is 0 Å². The SMILES string of the molecule is Cc1ccc(S(=O)(=O)N2CCN(C(=S)Nc3ccccc3C)CC2)cc1C. The molecule has 0 aromatic heterocycles. The highest BCUT2D eigenvalue weighted by Crippen LogP contribution is 2.21. The second-order valence-corrected chi connectivity index (χ2v) is 9.21. The molecule has 1 N–H and O–H groups in total. The summed E-state index contributed by atoms with van der Waals surface area (Å²) < 4.78 is 27.4. The molecule has 0 amide bonds. The molecule has 0 atom stereocenters. The summed E-state index contributed by atoms with van der Waals surface area (Å²) in [6, 6.07) is 13.3. The van der Waals surface area contributed by atoms with Crippen LogP contribution in [0.25, 0.3) is 0 Å². The van der Waals surface area contributed by atoms with Gasteiger partial charge in [0.1, 0.15) is 0 Å². The Morgan fingerprint density at radius 1 is 0.926 bits per heavy atom. The molecule has 5 nitrogen and oxygen atoms in total. The number of hydrogen-bond donors (Lipinski definition) is 1. The molecular formula is C20H25N3O2S2. The molecule has 3 rings (SSSR count). The Morgan fingerprint density at radius 2 is 1.59 bits per heavy atom. The Hall–Kier alpha value is -1.96. The summed E-state index contributed by atoms with van der Waals surface area (Å²) in [6.45, 7) is 7.92. The summed E-state index contributed by atoms with van der Waals surface area (Å²) in [5.41, 5.74) is 4.17. The fraction of sp³-hybridized carbons (Fsp3) is 0.350. The molecule has 1 aliphatic heterocycles. The lowest BCUT2D eigenvalue weighted by molar-refractivity contribution is 0.268. The number of sulfonamides is 1. The fourth-order valence-corrected chi connectivity index (χ4v) is 4.86. The fourth-order valence-electron chi connectivity index (χ4n) is 3.06. The van der Waals surface area contributed by atoms with Gasteiger partial charge in [0, 0.05) is 31.9 Å². The van der Waals surface area contributed by atoms with E-state index in [1.54, 1.807) is 16.4 Å². The average molecular weight is 404 g/mol. The van der Waals surface area contributed by atoms with E-state index in [0.29, 0.717) is 36.2 Å². The first-order valence-corrected chi connectivity index (χ1v) is 10.8. The predicted molar refractivity (Wildman–Crippen MR) is 114 cm³/mol. The lowest BCUT2D eigenvalue weighted by Gasteiger charge is -2.35. The minimum Gasteiger partial charge on any atom is -0.346 e. The quantitative estimate of drug-likeness (QED) is 0.797. The third-order valence-corrected chi connectivity index (χ3v) is 7.28. The van der Waals surface area contributed by atoms with Crippen LogP contribution in [0.2, 0.25) is 0 Å². The summed E-state index contributed by atoms with van der Waals surface area (Å²) in [6.07, 6.45) is 0. The van der Waals surface area contributed by atoms with Crippen LogP contribution in [0, 0.1) is 20.8 Å². The van der Waals surface area contributed by atoms with Crippen LogP contribution in [-0.4, -0.2) is 48.9 Å². The maximum atomic E-state index is 12.9. The van der Waals surface area contributed by atoms with E-state index in [4.69, 9.17) is 12.2 Å². The molecule has 0 aliphatic carbocycles. The number of benzene rings is 2. The van der Waals surface area contributed by atoms with Crippen molar-refractivity contribution in [3.05, 3.63) is 59.2 Å². The first-order valence-electron chi connectivity index (χ1n) is 8.98. The number of aryl methyl sites for hydroxylation is 3. The van der Waals surface area contributed by atoms with Gasteiger partial charge in [0.15, 0.2) is 5.11 Å². The Bertz CT molecular complexity index is 949. The van der Waals surface area contributed by atoms with Crippen LogP contribution < -0.4 is 5.32 Å². The maximum Gasteiger partial charge on any atom is 0.243 e. The normalized spacial score (nSPS) is 15.6. The van der Waals surface area contributed by atoms with Crippen LogP contribution in [0.5, 0.6) is 0 Å². The third kappa shape index (κ3) is 4.31. The van der Waals surface area contributed by atoms with Gasteiger partial charge >= 0.3 is 0 Å². The Balaban J connectivity index is 1.65. The summed E-state index contributed by atoms with van der Waals surface area (Å²) in [7, 11) is -3.47. The van der Waals surface area contributed by atoms with Gasteiger partial charge in [-0.3, -0.25) is 0 Å². The Morgan fingerprint density at radius 3 is 2.22 bits per heavy atom. The molecule has 1 fully saturated rings. The lowest BCUT2D eigenvalue weighted by Crippen LogP contribution is -2.51. The molecule has 7 heteroatoms. The predicted octanol–water partition coefficient (Wildman–Crippen LogP) is 3.32. The van der Waals surface area contributed by atoms with Gasteiger partial charge in [0.05, 0.1) is 4.90 Å². The zero-order valence-corrected chi connectivity index (χ0v) is 17.5. The van der Waals surface area contributed by atoms with E-state index in [1.807, 2.05) is 56.0 Å². The molecule has 2 aromatic carbocycles. The van der Waals surface area contributed by atoms with Crippen molar-refractivity contribution >= 4 is 33.0 Å². The zero-order valence-electron chi connectivity index (χ0n) is 15.9. The Kier molecular flexibility index (Phi) is 5.83. The van der Waals surface area contributed by atoms with E-state index in [1.165, 1.54) is 0 Å². The molecule has 144 valence electrons. The summed E-state index contributed by atoms with van der Waals surface area (Å²) in [4.78, 5) is 2.38. The largest absolute Gasteiger partial charge is 0.346 e. The molecule has 2 aromatic rings. The average Bonchev–Trinajstić information content (AvgIpc) is 2.65. The van der Waals surface area contributed by atoms with Crippen molar-refractivity contribution < 1.29 is 8.42 Å². The standard InChI is InChI=1S/C20H25N3O2S2/c1-15-8-9-18(14-17(15)3)27(24,25)23-12-10-22(11-13-23)20(26)21-19-7-5-4-6-16(19)2/h4-9,14H,10-13H2,1-3H3,(H,21,26). The van der Waals surface area contributed by atoms with Crippen molar-refractivity contribution in [2.75, 3.05) is 31.5 Å². The third-order valence-electron chi connectivity index (χ3n) is 5.03. The molecule has 0 bridgehead atoms. The van der Waals surface area contributed by atoms with E-state index in [2.05, 4.69) is 5.32 Å². The highest BCUT2D eigenvalue weighted by Gasteiger charge is 2.29. The molecule has 1 saturated heterocycles. The summed E-state index contributed by atoms with van der Waals surface area (Å²) in [5.74, 6) is 0. The first kappa shape index (κ1) is 19.8. The molecule has 0 unspecified atom stereocenters. The van der Waals surface area contributed by atoms with Crippen molar-refractivity contribution in [1.82, 2.24) is 9.21 Å². The van der Waals surface area contributed by atoms with Crippen LogP contribution in [-0.2, 0) is 10.0 Å². The summed E-state index contributed by atoms with van der Waals surface area (Å²) >= 11 is 5.52. The minimum absolute atomic E-state index is 0.361. The van der Waals surface area contributed by atoms with Crippen LogP contribution in [0.4, 0.5) is 5.69 Å². The highest BCUT2D eigenvalue weighted by molar-refractivity contribution is 7.89. The zero-order chi connectivity index (χ0) is 19.6. The lowest BCUT2D eigenvalue weighted by atomic mass is 10.1. The number of nitrogens with one attached hydrogen (secondary N) is 1. The molecule has 0 saturated carbocycles. The van der Waals surface area contributed by atoms with Crippen LogP contribution >= 0.6 is 12.2 Å². The van der Waals surface area contributed by atoms with Crippen molar-refractivity contribution in [3.8, 4) is 0 Å². The van der Waals surface area contributed by atoms with Gasteiger partial charge in [-0.1, -0.05) is 24.3 Å². The molecule has 27 heavy (non-hydrogen) atoms. The Labute approximate surface area is 167 Å². The van der Waals surface area contributed by atoms with Crippen molar-refractivity contribution in [2.45, 2.75) is 25.7 Å². The van der Waals surface area contributed by atoms with Crippen LogP contribution in [0.3, 0.4) is 0 Å². The number of piperazine rings is 1. The molecule has 0 spiro atoms. The van der Waals surface area contributed by atoms with E-state index < -0.39 is 10.0 Å². The number of hydrogen-bond acceptors (Lipinski definition) is 3. The number of para-hydroxylation sites is 1. The van der Waals surface area contributed by atoms with Gasteiger partial charge < -0.3 is 10.2 Å². The molecule has 0 radical (unpaired) electrons. The molecular weight excluding hydrogens is 378 g/mol. The second-order valence-electron chi connectivity index (χ2n) is 6.88. The number of nitrogens with zero attached hydrogens (tertiary/aromatic N) is 2. The van der Waals surface area contributed by atoms with Crippen molar-refractivity contribution in [2.24, 2.45) is 0 Å². The van der Waals surface area contributed by atoms with Gasteiger partial charge in [-0.25, -0.2) is 8.42 Å². The topological polar surface area (TPSA) is 52.7 Å². The summed E-state index contributed by atoms with van der Waals surface area (Å²) in [5, 5.41) is 3.90. The van der Waals surface area contributed by atoms with Gasteiger partial charge in [-0.15, -0.1) is 0 Å². The number of anilines is 1. The van der Waals surface area contributed by atoms with Gasteiger partial charge in [-0.2, -0.15) is 4.31 Å². The van der Waals surface area contributed by atoms with Gasteiger partial charge in [0.2, 0.25) is 10.0 Å². The van der Waals surface area contributed by atoms with Crippen LogP contribution in [0.15, 0.2) is 47.4 Å². The minimum atomic E-state index is -3.47. The van der Waals surface area contributed by atoms with E-state index in [0.717, 1.165) is 22.4 Å². The van der Waals surface area contributed by atoms with Crippen molar-refractivity contribution in [1.29, 1.82) is 0 Å². The van der Waals surface area contributed by atoms with Gasteiger partial charge in [-0.05, 0) is 67.9 Å². The first-order chi connectivity index (χ1) is 12.8.